The fourth-order valence-electron chi connectivity index (χ4n) is 4.61. The summed E-state index contributed by atoms with van der Waals surface area (Å²) in [5.74, 6) is 0.714. The van der Waals surface area contributed by atoms with Gasteiger partial charge in [0, 0.05) is 43.5 Å². The largest absolute Gasteiger partial charge is 0.372 e. The zero-order valence-corrected chi connectivity index (χ0v) is 17.7. The molecule has 0 saturated carbocycles. The Hall–Kier alpha value is -2.25. The lowest BCUT2D eigenvalue weighted by Gasteiger charge is -2.30. The molecule has 3 atom stereocenters. The summed E-state index contributed by atoms with van der Waals surface area (Å²) in [4.78, 5) is 34.0. The van der Waals surface area contributed by atoms with Crippen molar-refractivity contribution in [2.75, 3.05) is 32.8 Å². The molecule has 0 unspecified atom stereocenters. The minimum absolute atomic E-state index is 0.00604. The lowest BCUT2D eigenvalue weighted by atomic mass is 9.89. The highest BCUT2D eigenvalue weighted by Crippen LogP contribution is 2.45. The highest BCUT2D eigenvalue weighted by atomic mass is 32.1. The van der Waals surface area contributed by atoms with Crippen LogP contribution in [0, 0.1) is 18.8 Å². The highest BCUT2D eigenvalue weighted by molar-refractivity contribution is 7.09. The van der Waals surface area contributed by atoms with Gasteiger partial charge in [0.15, 0.2) is 0 Å². The molecular formula is C22H27N3O3S. The maximum Gasteiger partial charge on any atom is 0.249 e. The molecule has 0 N–H and O–H groups in total. The Bertz CT molecular complexity index is 869. The molecule has 6 nitrogen and oxygen atoms in total. The highest BCUT2D eigenvalue weighted by Gasteiger charge is 2.49. The molecule has 4 rings (SSSR count). The topological polar surface area (TPSA) is 62.7 Å². The number of amides is 2. The first-order chi connectivity index (χ1) is 14.1. The molecule has 1 aromatic carbocycles. The average molecular weight is 414 g/mol. The number of rotatable bonds is 6. The molecular weight excluding hydrogens is 386 g/mol. The second-order valence-electron chi connectivity index (χ2n) is 7.80. The van der Waals surface area contributed by atoms with Crippen molar-refractivity contribution in [3.8, 4) is 0 Å². The molecule has 29 heavy (non-hydrogen) atoms. The number of thiazole rings is 1. The Morgan fingerprint density at radius 1 is 1.17 bits per heavy atom. The van der Waals surface area contributed by atoms with Gasteiger partial charge in [0.05, 0.1) is 23.2 Å². The first-order valence-electron chi connectivity index (χ1n) is 10.2. The third-order valence-corrected chi connectivity index (χ3v) is 6.73. The maximum atomic E-state index is 12.8. The number of carbonyl (C=O) groups excluding carboxylic acids is 2. The number of hydrogen-bond acceptors (Lipinski definition) is 5. The summed E-state index contributed by atoms with van der Waals surface area (Å²) in [5.41, 5.74) is 1.98. The molecule has 2 saturated heterocycles. The third-order valence-electron chi connectivity index (χ3n) is 5.91. The first kappa shape index (κ1) is 20.0. The molecule has 0 bridgehead atoms. The van der Waals surface area contributed by atoms with Crippen molar-refractivity contribution in [2.45, 2.75) is 26.3 Å². The number of likely N-dealkylation sites (tertiary alicyclic amines) is 2. The van der Waals surface area contributed by atoms with Crippen LogP contribution in [0.2, 0.25) is 0 Å². The molecule has 2 fully saturated rings. The number of aromatic nitrogens is 1. The summed E-state index contributed by atoms with van der Waals surface area (Å²) in [6.45, 7) is 6.56. The van der Waals surface area contributed by atoms with Gasteiger partial charge in [0.25, 0.3) is 0 Å². The van der Waals surface area contributed by atoms with Crippen molar-refractivity contribution >= 4 is 23.2 Å². The number of hydrogen-bond donors (Lipinski definition) is 0. The second kappa shape index (κ2) is 8.63. The van der Waals surface area contributed by atoms with Crippen molar-refractivity contribution in [2.24, 2.45) is 11.8 Å². The lowest BCUT2D eigenvalue weighted by Crippen LogP contribution is -2.39. The number of benzene rings is 1. The average Bonchev–Trinajstić information content (AvgIpc) is 3.40. The van der Waals surface area contributed by atoms with Gasteiger partial charge >= 0.3 is 0 Å². The van der Waals surface area contributed by atoms with E-state index in [4.69, 9.17) is 4.74 Å². The monoisotopic (exact) mass is 413 g/mol. The quantitative estimate of drug-likeness (QED) is 0.731. The zero-order valence-electron chi connectivity index (χ0n) is 16.9. The predicted molar refractivity (Wildman–Crippen MR) is 112 cm³/mol. The smallest absolute Gasteiger partial charge is 0.249 e. The minimum Gasteiger partial charge on any atom is -0.372 e. The van der Waals surface area contributed by atoms with Crippen LogP contribution < -0.4 is 0 Å². The van der Waals surface area contributed by atoms with E-state index in [2.05, 4.69) is 17.1 Å². The van der Waals surface area contributed by atoms with Gasteiger partial charge in [-0.1, -0.05) is 30.3 Å². The standard InChI is InChI=1S/C22H27N3O3S/c1-3-28-13-21(27)25-11-17-10-24(20(26)9-18-14-29-15(2)23-18)12-19(17)22(25)16-7-5-4-6-8-16/h4-8,14,17,19,22H,3,9-13H2,1-2H3/t17-,19-,22-/m0/s1. The molecule has 7 heteroatoms. The van der Waals surface area contributed by atoms with E-state index in [1.54, 1.807) is 11.3 Å². The minimum atomic E-state index is -0.00604. The Balaban J connectivity index is 1.50. The summed E-state index contributed by atoms with van der Waals surface area (Å²) in [5, 5.41) is 2.95. The Labute approximate surface area is 175 Å². The van der Waals surface area contributed by atoms with Crippen LogP contribution in [0.4, 0.5) is 0 Å². The molecule has 2 amide bonds. The van der Waals surface area contributed by atoms with Crippen LogP contribution in [-0.2, 0) is 20.7 Å². The number of nitrogens with zero attached hydrogens (tertiary/aromatic N) is 3. The summed E-state index contributed by atoms with van der Waals surface area (Å²) in [6.07, 6.45) is 0.354. The molecule has 0 aliphatic carbocycles. The number of ether oxygens (including phenoxy) is 1. The molecule has 0 spiro atoms. The lowest BCUT2D eigenvalue weighted by molar-refractivity contribution is -0.137. The van der Waals surface area contributed by atoms with Crippen molar-refractivity contribution in [1.29, 1.82) is 0 Å². The fraction of sp³-hybridized carbons (Fsp3) is 0.500. The van der Waals surface area contributed by atoms with Gasteiger partial charge in [-0.05, 0) is 19.4 Å². The van der Waals surface area contributed by atoms with Gasteiger partial charge in [-0.2, -0.15) is 0 Å². The SMILES string of the molecule is CCOCC(=O)N1C[C@@H]2CN(C(=O)Cc3csc(C)n3)C[C@@H]2[C@@H]1c1ccccc1. The van der Waals surface area contributed by atoms with E-state index in [-0.39, 0.29) is 30.4 Å². The van der Waals surface area contributed by atoms with Gasteiger partial charge in [-0.15, -0.1) is 11.3 Å². The number of fused-ring (bicyclic) bond motifs is 1. The van der Waals surface area contributed by atoms with Crippen LogP contribution in [0.1, 0.15) is 29.2 Å². The Morgan fingerprint density at radius 3 is 2.66 bits per heavy atom. The fourth-order valence-corrected chi connectivity index (χ4v) is 5.22. The van der Waals surface area contributed by atoms with E-state index >= 15 is 0 Å². The van der Waals surface area contributed by atoms with Gasteiger partial charge < -0.3 is 14.5 Å². The summed E-state index contributed by atoms with van der Waals surface area (Å²) >= 11 is 1.58. The summed E-state index contributed by atoms with van der Waals surface area (Å²) in [7, 11) is 0. The van der Waals surface area contributed by atoms with Crippen LogP contribution in [0.15, 0.2) is 35.7 Å². The van der Waals surface area contributed by atoms with Gasteiger partial charge in [-0.25, -0.2) is 4.98 Å². The predicted octanol–water partition coefficient (Wildman–Crippen LogP) is 2.69. The molecule has 3 heterocycles. The number of aryl methyl sites for hydroxylation is 1. The zero-order chi connectivity index (χ0) is 20.4. The van der Waals surface area contributed by atoms with Crippen LogP contribution in [0.25, 0.3) is 0 Å². The van der Waals surface area contributed by atoms with Gasteiger partial charge in [0.1, 0.15) is 6.61 Å². The second-order valence-corrected chi connectivity index (χ2v) is 8.86. The van der Waals surface area contributed by atoms with E-state index in [0.717, 1.165) is 16.3 Å². The summed E-state index contributed by atoms with van der Waals surface area (Å²) < 4.78 is 5.38. The van der Waals surface area contributed by atoms with E-state index in [1.807, 2.05) is 47.2 Å². The van der Waals surface area contributed by atoms with Crippen molar-refractivity contribution in [1.82, 2.24) is 14.8 Å². The van der Waals surface area contributed by atoms with Gasteiger partial charge in [0.2, 0.25) is 11.8 Å². The Kier molecular flexibility index (Phi) is 5.96. The normalized spacial score (nSPS) is 23.4. The van der Waals surface area contributed by atoms with Crippen LogP contribution in [0.5, 0.6) is 0 Å². The third kappa shape index (κ3) is 4.21. The van der Waals surface area contributed by atoms with Crippen molar-refractivity contribution in [3.63, 3.8) is 0 Å². The van der Waals surface area contributed by atoms with E-state index in [1.165, 1.54) is 0 Å². The van der Waals surface area contributed by atoms with Gasteiger partial charge in [-0.3, -0.25) is 9.59 Å². The van der Waals surface area contributed by atoms with Crippen LogP contribution in [0.3, 0.4) is 0 Å². The molecule has 154 valence electrons. The molecule has 2 aliphatic rings. The molecule has 2 aromatic rings. The Morgan fingerprint density at radius 2 is 1.97 bits per heavy atom. The van der Waals surface area contributed by atoms with Crippen LogP contribution in [-0.4, -0.2) is 59.4 Å². The van der Waals surface area contributed by atoms with E-state index in [0.29, 0.717) is 38.6 Å². The maximum absolute atomic E-state index is 12.8. The molecule has 1 aromatic heterocycles. The van der Waals surface area contributed by atoms with Crippen LogP contribution >= 0.6 is 11.3 Å². The van der Waals surface area contributed by atoms with E-state index in [9.17, 15) is 9.59 Å². The molecule has 0 radical (unpaired) electrons. The van der Waals surface area contributed by atoms with Crippen molar-refractivity contribution < 1.29 is 14.3 Å². The number of carbonyl (C=O) groups is 2. The molecule has 2 aliphatic heterocycles. The first-order valence-corrected chi connectivity index (χ1v) is 11.1. The van der Waals surface area contributed by atoms with E-state index < -0.39 is 0 Å². The summed E-state index contributed by atoms with van der Waals surface area (Å²) in [6, 6.07) is 10.2. The van der Waals surface area contributed by atoms with Crippen molar-refractivity contribution in [3.05, 3.63) is 52.0 Å².